The van der Waals surface area contributed by atoms with Gasteiger partial charge in [-0.2, -0.15) is 0 Å². The predicted molar refractivity (Wildman–Crippen MR) is 83.1 cm³/mol. The lowest BCUT2D eigenvalue weighted by atomic mass is 10.1. The molecule has 0 aliphatic carbocycles. The molecular formula is C17H17ClO3. The van der Waals surface area contributed by atoms with Gasteiger partial charge in [-0.3, -0.25) is 0 Å². The summed E-state index contributed by atoms with van der Waals surface area (Å²) in [5.74, 6) is -0.420. The van der Waals surface area contributed by atoms with E-state index >= 15 is 0 Å². The Morgan fingerprint density at radius 1 is 1.19 bits per heavy atom. The Hall–Kier alpha value is -2.00. The van der Waals surface area contributed by atoms with Crippen LogP contribution in [0.2, 0.25) is 5.02 Å². The van der Waals surface area contributed by atoms with Gasteiger partial charge in [0, 0.05) is 11.4 Å². The van der Waals surface area contributed by atoms with E-state index in [0.717, 1.165) is 16.7 Å². The molecule has 1 N–H and O–H groups in total. The molecule has 0 aliphatic rings. The van der Waals surface area contributed by atoms with Crippen LogP contribution in [0, 0.1) is 13.8 Å². The number of aliphatic carboxylic acids is 1. The number of benzene rings is 2. The van der Waals surface area contributed by atoms with Crippen LogP contribution in [0.3, 0.4) is 0 Å². The molecule has 1 atom stereocenters. The maximum Gasteiger partial charge on any atom is 0.345 e. The average molecular weight is 305 g/mol. The molecule has 0 aliphatic heterocycles. The third-order valence-electron chi connectivity index (χ3n) is 3.06. The molecule has 0 unspecified atom stereocenters. The Kier molecular flexibility index (Phi) is 4.86. The summed E-state index contributed by atoms with van der Waals surface area (Å²) in [4.78, 5) is 11.4. The highest BCUT2D eigenvalue weighted by molar-refractivity contribution is 6.30. The number of hydrogen-bond acceptors (Lipinski definition) is 2. The molecule has 0 saturated carbocycles. The monoisotopic (exact) mass is 304 g/mol. The van der Waals surface area contributed by atoms with E-state index in [9.17, 15) is 9.90 Å². The first-order valence-electron chi connectivity index (χ1n) is 6.66. The van der Waals surface area contributed by atoms with Crippen molar-refractivity contribution >= 4 is 17.6 Å². The highest BCUT2D eigenvalue weighted by Gasteiger charge is 2.20. The standard InChI is InChI=1S/C17H17ClO3/c1-11-6-12(2)8-15(7-11)21-16(17(19)20)10-13-4-3-5-14(18)9-13/h3-9,16H,10H2,1-2H3,(H,19,20)/t16-/m1/s1. The molecule has 2 aromatic carbocycles. The van der Waals surface area contributed by atoms with Crippen molar-refractivity contribution in [1.82, 2.24) is 0 Å². The fourth-order valence-electron chi connectivity index (χ4n) is 2.22. The number of ether oxygens (including phenoxy) is 1. The molecule has 2 rings (SSSR count). The van der Waals surface area contributed by atoms with Gasteiger partial charge in [0.15, 0.2) is 6.10 Å². The third kappa shape index (κ3) is 4.50. The SMILES string of the molecule is Cc1cc(C)cc(O[C@H](Cc2cccc(Cl)c2)C(=O)O)c1. The molecule has 0 radical (unpaired) electrons. The van der Waals surface area contributed by atoms with Crippen LogP contribution in [0.15, 0.2) is 42.5 Å². The molecule has 0 saturated heterocycles. The van der Waals surface area contributed by atoms with Crippen LogP contribution in [0.25, 0.3) is 0 Å². The summed E-state index contributed by atoms with van der Waals surface area (Å²) in [6.45, 7) is 3.90. The largest absolute Gasteiger partial charge is 0.478 e. The zero-order valence-electron chi connectivity index (χ0n) is 12.0. The van der Waals surface area contributed by atoms with Gasteiger partial charge in [0.05, 0.1) is 0 Å². The minimum atomic E-state index is -0.992. The van der Waals surface area contributed by atoms with Gasteiger partial charge in [-0.15, -0.1) is 0 Å². The first-order valence-corrected chi connectivity index (χ1v) is 7.04. The van der Waals surface area contributed by atoms with Gasteiger partial charge >= 0.3 is 5.97 Å². The Morgan fingerprint density at radius 3 is 2.43 bits per heavy atom. The summed E-state index contributed by atoms with van der Waals surface area (Å²) in [6, 6.07) is 12.8. The minimum Gasteiger partial charge on any atom is -0.478 e. The van der Waals surface area contributed by atoms with Crippen LogP contribution in [0.1, 0.15) is 16.7 Å². The van der Waals surface area contributed by atoms with E-state index in [1.165, 1.54) is 0 Å². The fourth-order valence-corrected chi connectivity index (χ4v) is 2.44. The maximum atomic E-state index is 11.4. The summed E-state index contributed by atoms with van der Waals surface area (Å²) >= 11 is 5.92. The Morgan fingerprint density at radius 2 is 1.86 bits per heavy atom. The van der Waals surface area contributed by atoms with E-state index in [-0.39, 0.29) is 6.42 Å². The molecule has 0 spiro atoms. The van der Waals surface area contributed by atoms with E-state index in [0.29, 0.717) is 10.8 Å². The number of carbonyl (C=O) groups is 1. The normalized spacial score (nSPS) is 12.0. The van der Waals surface area contributed by atoms with E-state index in [1.807, 2.05) is 38.1 Å². The van der Waals surface area contributed by atoms with Crippen LogP contribution in [0.5, 0.6) is 5.75 Å². The molecule has 3 nitrogen and oxygen atoms in total. The quantitative estimate of drug-likeness (QED) is 0.907. The van der Waals surface area contributed by atoms with E-state index < -0.39 is 12.1 Å². The number of rotatable bonds is 5. The van der Waals surface area contributed by atoms with Gasteiger partial charge in [0.2, 0.25) is 0 Å². The van der Waals surface area contributed by atoms with Gasteiger partial charge in [-0.25, -0.2) is 4.79 Å². The second-order valence-corrected chi connectivity index (χ2v) is 5.54. The van der Waals surface area contributed by atoms with Crippen LogP contribution >= 0.6 is 11.6 Å². The lowest BCUT2D eigenvalue weighted by Gasteiger charge is -2.16. The number of aryl methyl sites for hydroxylation is 2. The first-order chi connectivity index (χ1) is 9.94. The Bertz CT molecular complexity index is 632. The van der Waals surface area contributed by atoms with Crippen molar-refractivity contribution in [2.75, 3.05) is 0 Å². The molecular weight excluding hydrogens is 288 g/mol. The molecule has 0 aromatic heterocycles. The summed E-state index contributed by atoms with van der Waals surface area (Å²) < 4.78 is 5.64. The second-order valence-electron chi connectivity index (χ2n) is 5.10. The van der Waals surface area contributed by atoms with Crippen molar-refractivity contribution in [1.29, 1.82) is 0 Å². The smallest absolute Gasteiger partial charge is 0.345 e. The predicted octanol–water partition coefficient (Wildman–Crippen LogP) is 4.03. The zero-order valence-corrected chi connectivity index (χ0v) is 12.7. The molecule has 2 aromatic rings. The van der Waals surface area contributed by atoms with Crippen LogP contribution in [-0.2, 0) is 11.2 Å². The molecule has 0 heterocycles. The summed E-state index contributed by atoms with van der Waals surface area (Å²) in [5.41, 5.74) is 2.91. The van der Waals surface area contributed by atoms with Crippen LogP contribution in [0.4, 0.5) is 0 Å². The van der Waals surface area contributed by atoms with Crippen LogP contribution < -0.4 is 4.74 Å². The molecule has 110 valence electrons. The Labute approximate surface area is 129 Å². The molecule has 21 heavy (non-hydrogen) atoms. The minimum absolute atomic E-state index is 0.267. The zero-order chi connectivity index (χ0) is 15.4. The number of hydrogen-bond donors (Lipinski definition) is 1. The van der Waals surface area contributed by atoms with E-state index in [4.69, 9.17) is 16.3 Å². The Balaban J connectivity index is 2.17. The number of carboxylic acids is 1. The molecule has 0 fully saturated rings. The van der Waals surface area contributed by atoms with Crippen molar-refractivity contribution in [2.45, 2.75) is 26.4 Å². The first kappa shape index (κ1) is 15.4. The van der Waals surface area contributed by atoms with Gasteiger partial charge in [0.25, 0.3) is 0 Å². The molecule has 0 amide bonds. The van der Waals surface area contributed by atoms with Crippen molar-refractivity contribution in [3.63, 3.8) is 0 Å². The van der Waals surface area contributed by atoms with Crippen molar-refractivity contribution in [3.8, 4) is 5.75 Å². The van der Waals surface area contributed by atoms with Crippen molar-refractivity contribution in [3.05, 3.63) is 64.2 Å². The summed E-state index contributed by atoms with van der Waals surface area (Å²) in [7, 11) is 0. The van der Waals surface area contributed by atoms with E-state index in [2.05, 4.69) is 0 Å². The summed E-state index contributed by atoms with van der Waals surface area (Å²) in [6.07, 6.45) is -0.673. The second kappa shape index (κ2) is 6.64. The van der Waals surface area contributed by atoms with E-state index in [1.54, 1.807) is 18.2 Å². The van der Waals surface area contributed by atoms with Crippen molar-refractivity contribution < 1.29 is 14.6 Å². The summed E-state index contributed by atoms with van der Waals surface area (Å²) in [5, 5.41) is 9.93. The van der Waals surface area contributed by atoms with Crippen LogP contribution in [-0.4, -0.2) is 17.2 Å². The van der Waals surface area contributed by atoms with Gasteiger partial charge in [0.1, 0.15) is 5.75 Å². The number of carboxylic acid groups (broad SMARTS) is 1. The van der Waals surface area contributed by atoms with Gasteiger partial charge in [-0.1, -0.05) is 29.8 Å². The third-order valence-corrected chi connectivity index (χ3v) is 3.29. The van der Waals surface area contributed by atoms with Gasteiger partial charge in [-0.05, 0) is 54.8 Å². The average Bonchev–Trinajstić information content (AvgIpc) is 2.36. The lowest BCUT2D eigenvalue weighted by molar-refractivity contribution is -0.145. The molecule has 0 bridgehead atoms. The van der Waals surface area contributed by atoms with Crippen molar-refractivity contribution in [2.24, 2.45) is 0 Å². The van der Waals surface area contributed by atoms with Gasteiger partial charge < -0.3 is 9.84 Å². The highest BCUT2D eigenvalue weighted by atomic mass is 35.5. The molecule has 4 heteroatoms. The number of halogens is 1. The lowest BCUT2D eigenvalue weighted by Crippen LogP contribution is -2.29. The maximum absolute atomic E-state index is 11.4. The topological polar surface area (TPSA) is 46.5 Å². The fraction of sp³-hybridized carbons (Fsp3) is 0.235. The highest BCUT2D eigenvalue weighted by Crippen LogP contribution is 2.20.